The quantitative estimate of drug-likeness (QED) is 0.328. The smallest absolute Gasteiger partial charge is 0.284 e. The van der Waals surface area contributed by atoms with Gasteiger partial charge in [0.2, 0.25) is 0 Å². The third-order valence-corrected chi connectivity index (χ3v) is 4.11. The number of methoxy groups -OCH3 is 1. The molecule has 3 aromatic rings. The molecule has 9 nitrogen and oxygen atoms in total. The topological polar surface area (TPSA) is 116 Å². The lowest BCUT2D eigenvalue weighted by Gasteiger charge is -2.04. The molecule has 0 saturated carbocycles. The lowest BCUT2D eigenvalue weighted by molar-refractivity contribution is -0.384. The van der Waals surface area contributed by atoms with Crippen LogP contribution >= 0.6 is 11.6 Å². The summed E-state index contributed by atoms with van der Waals surface area (Å²) < 4.78 is 15.9. The molecule has 0 fully saturated rings. The highest BCUT2D eigenvalue weighted by Gasteiger charge is 2.19. The predicted molar refractivity (Wildman–Crippen MR) is 110 cm³/mol. The Bertz CT molecular complexity index is 1080. The molecule has 154 valence electrons. The number of nitro benzene ring substituents is 1. The number of rotatable bonds is 8. The zero-order chi connectivity index (χ0) is 21.5. The first-order valence-electron chi connectivity index (χ1n) is 8.59. The van der Waals surface area contributed by atoms with Gasteiger partial charge in [0.15, 0.2) is 6.61 Å². The monoisotopic (exact) mass is 429 g/mol. The van der Waals surface area contributed by atoms with E-state index in [1.165, 1.54) is 25.5 Å². The van der Waals surface area contributed by atoms with Gasteiger partial charge in [0.05, 0.1) is 29.9 Å². The molecular weight excluding hydrogens is 414 g/mol. The first kappa shape index (κ1) is 20.9. The van der Waals surface area contributed by atoms with Crippen LogP contribution in [0.25, 0.3) is 11.3 Å². The summed E-state index contributed by atoms with van der Waals surface area (Å²) in [5, 5.41) is 15.7. The molecule has 0 aliphatic carbocycles. The average molecular weight is 430 g/mol. The molecule has 0 bridgehead atoms. The van der Waals surface area contributed by atoms with E-state index >= 15 is 0 Å². The van der Waals surface area contributed by atoms with Crippen molar-refractivity contribution < 1.29 is 23.6 Å². The van der Waals surface area contributed by atoms with Crippen LogP contribution in [0.5, 0.6) is 11.5 Å². The molecule has 1 amide bonds. The van der Waals surface area contributed by atoms with Crippen LogP contribution in [0.4, 0.5) is 5.69 Å². The predicted octanol–water partition coefficient (Wildman–Crippen LogP) is 4.05. The normalized spacial score (nSPS) is 10.7. The Hall–Kier alpha value is -3.85. The molecule has 2 aromatic carbocycles. The fourth-order valence-electron chi connectivity index (χ4n) is 2.44. The Morgan fingerprint density at radius 1 is 1.20 bits per heavy atom. The van der Waals surface area contributed by atoms with Gasteiger partial charge in [0.1, 0.15) is 23.0 Å². The van der Waals surface area contributed by atoms with Crippen molar-refractivity contribution >= 4 is 29.4 Å². The third-order valence-electron chi connectivity index (χ3n) is 3.86. The third kappa shape index (κ3) is 5.36. The minimum atomic E-state index is -0.519. The Morgan fingerprint density at radius 2 is 1.93 bits per heavy atom. The first-order valence-corrected chi connectivity index (χ1v) is 8.97. The molecule has 3 rings (SSSR count). The molecule has 10 heteroatoms. The summed E-state index contributed by atoms with van der Waals surface area (Å²) in [4.78, 5) is 22.6. The van der Waals surface area contributed by atoms with Crippen molar-refractivity contribution in [2.24, 2.45) is 5.10 Å². The van der Waals surface area contributed by atoms with Crippen LogP contribution in [0.3, 0.4) is 0 Å². The van der Waals surface area contributed by atoms with E-state index in [0.717, 1.165) is 0 Å². The summed E-state index contributed by atoms with van der Waals surface area (Å²) in [6.45, 7) is -0.236. The van der Waals surface area contributed by atoms with Crippen LogP contribution in [-0.2, 0) is 4.79 Å². The number of furan rings is 1. The molecule has 1 heterocycles. The van der Waals surface area contributed by atoms with Gasteiger partial charge < -0.3 is 13.9 Å². The van der Waals surface area contributed by atoms with Crippen LogP contribution in [0.2, 0.25) is 5.02 Å². The lowest BCUT2D eigenvalue weighted by atomic mass is 10.1. The van der Waals surface area contributed by atoms with E-state index in [-0.39, 0.29) is 18.1 Å². The van der Waals surface area contributed by atoms with Crippen LogP contribution in [0, 0.1) is 10.1 Å². The van der Waals surface area contributed by atoms with Gasteiger partial charge in [-0.05, 0) is 48.5 Å². The van der Waals surface area contributed by atoms with E-state index in [2.05, 4.69) is 10.5 Å². The van der Waals surface area contributed by atoms with Crippen molar-refractivity contribution in [2.75, 3.05) is 13.7 Å². The zero-order valence-electron chi connectivity index (χ0n) is 15.7. The minimum Gasteiger partial charge on any atom is -0.497 e. The summed E-state index contributed by atoms with van der Waals surface area (Å²) in [6.07, 6.45) is 1.28. The van der Waals surface area contributed by atoms with Crippen LogP contribution < -0.4 is 14.9 Å². The van der Waals surface area contributed by atoms with Gasteiger partial charge in [-0.1, -0.05) is 11.6 Å². The molecule has 0 saturated heterocycles. The van der Waals surface area contributed by atoms with Crippen LogP contribution in [-0.4, -0.2) is 30.8 Å². The standard InChI is InChI=1S/C20H16ClN3O6/c1-28-15-6-8-17(18(10-15)24(26)27)19-9-7-16(30-19)11-22-23-20(25)12-29-14-4-2-13(21)3-5-14/h2-11H,12H2,1H3,(H,23,25)/b22-11-. The number of nitrogens with one attached hydrogen (secondary N) is 1. The Morgan fingerprint density at radius 3 is 2.63 bits per heavy atom. The number of nitro groups is 1. The van der Waals surface area contributed by atoms with Crippen molar-refractivity contribution in [1.29, 1.82) is 0 Å². The molecule has 0 radical (unpaired) electrons. The number of nitrogens with zero attached hydrogens (tertiary/aromatic N) is 2. The molecule has 0 unspecified atom stereocenters. The van der Waals surface area contributed by atoms with Crippen molar-refractivity contribution in [2.45, 2.75) is 0 Å². The Balaban J connectivity index is 1.60. The molecule has 1 N–H and O–H groups in total. The number of carbonyl (C=O) groups excluding carboxylic acids is 1. The summed E-state index contributed by atoms with van der Waals surface area (Å²) >= 11 is 5.78. The van der Waals surface area contributed by atoms with Gasteiger partial charge in [-0.2, -0.15) is 5.10 Å². The van der Waals surface area contributed by atoms with E-state index in [4.69, 9.17) is 25.5 Å². The van der Waals surface area contributed by atoms with Gasteiger partial charge in [0, 0.05) is 5.02 Å². The van der Waals surface area contributed by atoms with Crippen molar-refractivity contribution in [3.8, 4) is 22.8 Å². The van der Waals surface area contributed by atoms with E-state index < -0.39 is 10.8 Å². The summed E-state index contributed by atoms with van der Waals surface area (Å²) in [6, 6.07) is 14.2. The highest BCUT2D eigenvalue weighted by atomic mass is 35.5. The molecule has 0 aliphatic heterocycles. The summed E-state index contributed by atoms with van der Waals surface area (Å²) in [5.74, 6) is 0.966. The maximum atomic E-state index is 11.8. The number of hydrogen-bond acceptors (Lipinski definition) is 7. The zero-order valence-corrected chi connectivity index (χ0v) is 16.5. The second kappa shape index (κ2) is 9.57. The van der Waals surface area contributed by atoms with E-state index in [1.807, 2.05) is 0 Å². The minimum absolute atomic E-state index is 0.153. The van der Waals surface area contributed by atoms with Crippen molar-refractivity contribution in [3.05, 3.63) is 75.5 Å². The van der Waals surface area contributed by atoms with Crippen LogP contribution in [0.15, 0.2) is 64.1 Å². The van der Waals surface area contributed by atoms with Crippen molar-refractivity contribution in [3.63, 3.8) is 0 Å². The molecule has 1 aromatic heterocycles. The van der Waals surface area contributed by atoms with Gasteiger partial charge in [-0.3, -0.25) is 14.9 Å². The van der Waals surface area contributed by atoms with Crippen LogP contribution in [0.1, 0.15) is 5.76 Å². The number of halogens is 1. The number of carbonyl (C=O) groups is 1. The summed E-state index contributed by atoms with van der Waals surface area (Å²) in [7, 11) is 1.43. The van der Waals surface area contributed by atoms with E-state index in [0.29, 0.717) is 27.8 Å². The highest BCUT2D eigenvalue weighted by molar-refractivity contribution is 6.30. The molecule has 0 atom stereocenters. The number of ether oxygens (including phenoxy) is 2. The number of benzene rings is 2. The number of hydrazone groups is 1. The Labute approximate surface area is 176 Å². The fraction of sp³-hybridized carbons (Fsp3) is 0.100. The van der Waals surface area contributed by atoms with E-state index in [9.17, 15) is 14.9 Å². The molecule has 0 aliphatic rings. The lowest BCUT2D eigenvalue weighted by Crippen LogP contribution is -2.24. The average Bonchev–Trinajstić information content (AvgIpc) is 3.21. The number of hydrogen-bond donors (Lipinski definition) is 1. The fourth-order valence-corrected chi connectivity index (χ4v) is 2.57. The SMILES string of the molecule is COc1ccc(-c2ccc(/C=N\NC(=O)COc3ccc(Cl)cc3)o2)c([N+](=O)[O-])c1. The van der Waals surface area contributed by atoms with Gasteiger partial charge in [-0.15, -0.1) is 0 Å². The Kier molecular flexibility index (Phi) is 6.66. The number of amides is 1. The van der Waals surface area contributed by atoms with Gasteiger partial charge in [-0.25, -0.2) is 5.43 Å². The van der Waals surface area contributed by atoms with Crippen molar-refractivity contribution in [1.82, 2.24) is 5.43 Å². The first-order chi connectivity index (χ1) is 14.5. The summed E-state index contributed by atoms with van der Waals surface area (Å²) in [5.41, 5.74) is 2.44. The second-order valence-corrected chi connectivity index (χ2v) is 6.31. The molecule has 0 spiro atoms. The maximum Gasteiger partial charge on any atom is 0.284 e. The molecular formula is C20H16ClN3O6. The second-order valence-electron chi connectivity index (χ2n) is 5.88. The molecule has 30 heavy (non-hydrogen) atoms. The highest BCUT2D eigenvalue weighted by Crippen LogP contribution is 2.33. The largest absolute Gasteiger partial charge is 0.497 e. The van der Waals surface area contributed by atoms with Gasteiger partial charge >= 0.3 is 0 Å². The van der Waals surface area contributed by atoms with Gasteiger partial charge in [0.25, 0.3) is 11.6 Å². The maximum absolute atomic E-state index is 11.8. The van der Waals surface area contributed by atoms with E-state index in [1.54, 1.807) is 42.5 Å².